The average Bonchev–Trinajstić information content (AvgIpc) is 3.18. The summed E-state index contributed by atoms with van der Waals surface area (Å²) in [4.78, 5) is 51.0. The molecule has 4 amide bonds. The minimum absolute atomic E-state index is 0.0935. The maximum atomic E-state index is 13.2. The third-order valence-electron chi connectivity index (χ3n) is 5.55. The quantitative estimate of drug-likeness (QED) is 0.545. The molecule has 0 bridgehead atoms. The van der Waals surface area contributed by atoms with Crippen LogP contribution in [0.4, 0.5) is 0 Å². The third kappa shape index (κ3) is 5.11. The molecule has 9 nitrogen and oxygen atoms in total. The number of hydrazine groups is 1. The van der Waals surface area contributed by atoms with Gasteiger partial charge in [0.05, 0.1) is 6.04 Å². The molecular formula is C22H29N5O4. The molecule has 1 aromatic carbocycles. The molecule has 3 N–H and O–H groups in total. The van der Waals surface area contributed by atoms with Crippen molar-refractivity contribution in [2.75, 3.05) is 13.6 Å². The third-order valence-corrected chi connectivity index (χ3v) is 5.55. The van der Waals surface area contributed by atoms with Crippen molar-refractivity contribution in [3.63, 3.8) is 0 Å². The van der Waals surface area contributed by atoms with E-state index in [1.807, 2.05) is 37.3 Å². The van der Waals surface area contributed by atoms with Crippen LogP contribution >= 0.6 is 0 Å². The lowest BCUT2D eigenvalue weighted by Crippen LogP contribution is -2.58. The second-order valence-electron chi connectivity index (χ2n) is 7.58. The summed E-state index contributed by atoms with van der Waals surface area (Å²) in [7, 11) is 1.67. The van der Waals surface area contributed by atoms with Crippen LogP contribution in [0.3, 0.4) is 0 Å². The molecule has 9 heteroatoms. The zero-order valence-electron chi connectivity index (χ0n) is 17.8. The molecule has 2 aliphatic heterocycles. The van der Waals surface area contributed by atoms with Gasteiger partial charge in [0.25, 0.3) is 5.91 Å². The van der Waals surface area contributed by atoms with E-state index < -0.39 is 24.0 Å². The Morgan fingerprint density at radius 1 is 1.19 bits per heavy atom. The van der Waals surface area contributed by atoms with Crippen molar-refractivity contribution in [1.82, 2.24) is 26.0 Å². The lowest BCUT2D eigenvalue weighted by molar-refractivity contribution is -0.159. The Bertz CT molecular complexity index is 853. The predicted molar refractivity (Wildman–Crippen MR) is 114 cm³/mol. The summed E-state index contributed by atoms with van der Waals surface area (Å²) in [6, 6.07) is 7.50. The molecule has 3 rings (SSSR count). The molecule has 31 heavy (non-hydrogen) atoms. The SMILES string of the molecule is CC[C@H](NC)C(=O)N[C@H]1CCC(=O)N2C=C[C@@H](C(=O)NCCc3ccccc3)N2C1=O. The van der Waals surface area contributed by atoms with Crippen LogP contribution < -0.4 is 16.0 Å². The van der Waals surface area contributed by atoms with Crippen molar-refractivity contribution in [3.05, 3.63) is 48.2 Å². The molecular weight excluding hydrogens is 398 g/mol. The summed E-state index contributed by atoms with van der Waals surface area (Å²) in [6.45, 7) is 2.27. The molecule has 0 spiro atoms. The first-order valence-corrected chi connectivity index (χ1v) is 10.6. The van der Waals surface area contributed by atoms with E-state index in [2.05, 4.69) is 16.0 Å². The highest BCUT2D eigenvalue weighted by Gasteiger charge is 2.44. The van der Waals surface area contributed by atoms with Gasteiger partial charge in [-0.2, -0.15) is 0 Å². The first kappa shape index (κ1) is 22.5. The van der Waals surface area contributed by atoms with E-state index in [-0.39, 0.29) is 30.6 Å². The van der Waals surface area contributed by atoms with Gasteiger partial charge in [0, 0.05) is 19.2 Å². The minimum Gasteiger partial charge on any atom is -0.354 e. The first-order chi connectivity index (χ1) is 15.0. The summed E-state index contributed by atoms with van der Waals surface area (Å²) < 4.78 is 0. The van der Waals surface area contributed by atoms with Crippen LogP contribution in [0.5, 0.6) is 0 Å². The van der Waals surface area contributed by atoms with Gasteiger partial charge < -0.3 is 16.0 Å². The highest BCUT2D eigenvalue weighted by molar-refractivity contribution is 5.97. The summed E-state index contributed by atoms with van der Waals surface area (Å²) in [6.07, 6.45) is 4.48. The zero-order chi connectivity index (χ0) is 22.4. The van der Waals surface area contributed by atoms with Crippen molar-refractivity contribution in [1.29, 1.82) is 0 Å². The maximum Gasteiger partial charge on any atom is 0.265 e. The largest absolute Gasteiger partial charge is 0.354 e. The molecule has 0 radical (unpaired) electrons. The minimum atomic E-state index is -0.934. The van der Waals surface area contributed by atoms with Crippen LogP contribution in [0.1, 0.15) is 31.7 Å². The number of rotatable bonds is 8. The second kappa shape index (κ2) is 10.2. The van der Waals surface area contributed by atoms with Crippen LogP contribution in [0.15, 0.2) is 42.6 Å². The number of fused-ring (bicyclic) bond motifs is 1. The molecule has 1 fully saturated rings. The Balaban J connectivity index is 1.67. The van der Waals surface area contributed by atoms with Crippen LogP contribution in [0.2, 0.25) is 0 Å². The van der Waals surface area contributed by atoms with Crippen LogP contribution in [0, 0.1) is 0 Å². The van der Waals surface area contributed by atoms with E-state index in [0.717, 1.165) is 10.6 Å². The van der Waals surface area contributed by atoms with Gasteiger partial charge in [-0.15, -0.1) is 0 Å². The van der Waals surface area contributed by atoms with Crippen LogP contribution in [0.25, 0.3) is 0 Å². The molecule has 1 aromatic rings. The topological polar surface area (TPSA) is 111 Å². The molecule has 0 aromatic heterocycles. The van der Waals surface area contributed by atoms with Crippen molar-refractivity contribution in [2.45, 2.75) is 50.7 Å². The van der Waals surface area contributed by atoms with Crippen molar-refractivity contribution in [2.24, 2.45) is 0 Å². The first-order valence-electron chi connectivity index (χ1n) is 10.6. The van der Waals surface area contributed by atoms with E-state index >= 15 is 0 Å². The van der Waals surface area contributed by atoms with Gasteiger partial charge in [-0.25, -0.2) is 10.0 Å². The van der Waals surface area contributed by atoms with Gasteiger partial charge in [0.2, 0.25) is 17.7 Å². The van der Waals surface area contributed by atoms with E-state index in [9.17, 15) is 19.2 Å². The zero-order valence-corrected chi connectivity index (χ0v) is 17.8. The highest BCUT2D eigenvalue weighted by atomic mass is 16.2. The number of nitrogens with zero attached hydrogens (tertiary/aromatic N) is 2. The fraction of sp³-hybridized carbons (Fsp3) is 0.455. The Hall–Kier alpha value is -3.20. The Morgan fingerprint density at radius 3 is 2.61 bits per heavy atom. The summed E-state index contributed by atoms with van der Waals surface area (Å²) in [5, 5.41) is 10.8. The molecule has 0 aliphatic carbocycles. The number of hydrogen-bond donors (Lipinski definition) is 3. The van der Waals surface area contributed by atoms with Gasteiger partial charge in [0.15, 0.2) is 6.04 Å². The van der Waals surface area contributed by atoms with E-state index in [1.165, 1.54) is 17.3 Å². The Kier molecular flexibility index (Phi) is 7.41. The number of hydrogen-bond acceptors (Lipinski definition) is 5. The molecule has 0 unspecified atom stereocenters. The van der Waals surface area contributed by atoms with Crippen molar-refractivity contribution in [3.8, 4) is 0 Å². The predicted octanol–water partition coefficient (Wildman–Crippen LogP) is 0.0900. The van der Waals surface area contributed by atoms with Crippen LogP contribution in [-0.4, -0.2) is 65.4 Å². The fourth-order valence-electron chi connectivity index (χ4n) is 3.77. The molecule has 166 valence electrons. The van der Waals surface area contributed by atoms with Crippen molar-refractivity contribution < 1.29 is 19.2 Å². The van der Waals surface area contributed by atoms with Gasteiger partial charge >= 0.3 is 0 Å². The fourth-order valence-corrected chi connectivity index (χ4v) is 3.77. The van der Waals surface area contributed by atoms with E-state index in [4.69, 9.17) is 0 Å². The monoisotopic (exact) mass is 427 g/mol. The molecule has 1 saturated heterocycles. The van der Waals surface area contributed by atoms with Gasteiger partial charge in [-0.05, 0) is 37.9 Å². The lowest BCUT2D eigenvalue weighted by atomic mass is 10.1. The summed E-state index contributed by atoms with van der Waals surface area (Å²) in [5.41, 5.74) is 1.09. The standard InChI is InChI=1S/C22H29N5O4/c1-3-16(23-2)20(29)25-17-9-10-19(28)26-14-12-18(27(26)22(17)31)21(30)24-13-11-15-7-5-4-6-8-15/h4-8,12,14,16-18,23H,3,9-11,13H2,1-2H3,(H,24,30)(H,25,29)/t16-,17-,18-/m0/s1. The Labute approximate surface area is 181 Å². The highest BCUT2D eigenvalue weighted by Crippen LogP contribution is 2.23. The molecule has 2 heterocycles. The average molecular weight is 428 g/mol. The number of amides is 4. The molecule has 0 saturated carbocycles. The summed E-state index contributed by atoms with van der Waals surface area (Å²) in [5.74, 6) is -1.44. The van der Waals surface area contributed by atoms with E-state index in [1.54, 1.807) is 7.05 Å². The number of carbonyl (C=O) groups excluding carboxylic acids is 4. The molecule has 2 aliphatic rings. The Morgan fingerprint density at radius 2 is 1.94 bits per heavy atom. The molecule has 3 atom stereocenters. The van der Waals surface area contributed by atoms with Gasteiger partial charge in [0.1, 0.15) is 6.04 Å². The number of benzene rings is 1. The normalized spacial score (nSPS) is 21.5. The number of likely N-dealkylation sites (N-methyl/N-ethyl adjacent to an activating group) is 1. The van der Waals surface area contributed by atoms with Gasteiger partial charge in [-0.1, -0.05) is 37.3 Å². The van der Waals surface area contributed by atoms with Gasteiger partial charge in [-0.3, -0.25) is 19.2 Å². The second-order valence-corrected chi connectivity index (χ2v) is 7.58. The maximum absolute atomic E-state index is 13.2. The summed E-state index contributed by atoms with van der Waals surface area (Å²) >= 11 is 0. The number of carbonyl (C=O) groups is 4. The van der Waals surface area contributed by atoms with Crippen LogP contribution in [-0.2, 0) is 25.6 Å². The van der Waals surface area contributed by atoms with E-state index in [0.29, 0.717) is 19.4 Å². The van der Waals surface area contributed by atoms with Crippen molar-refractivity contribution >= 4 is 23.6 Å². The smallest absolute Gasteiger partial charge is 0.265 e. The lowest BCUT2D eigenvalue weighted by Gasteiger charge is -2.31. The number of nitrogens with one attached hydrogen (secondary N) is 3.